The SMILES string of the molecule is O=c1[nH]c(C(=S)NCCc2cnc[nH]2)nc2ccccc12. The number of fused-ring (bicyclic) bond motifs is 1. The minimum absolute atomic E-state index is 0.187. The molecule has 6 nitrogen and oxygen atoms in total. The number of thiocarbonyl (C=S) groups is 1. The lowest BCUT2D eigenvalue weighted by Gasteiger charge is -2.07. The second-order valence-electron chi connectivity index (χ2n) is 4.51. The molecule has 0 aliphatic rings. The van der Waals surface area contributed by atoms with Crippen molar-refractivity contribution in [3.63, 3.8) is 0 Å². The van der Waals surface area contributed by atoms with Crippen molar-refractivity contribution >= 4 is 28.1 Å². The van der Waals surface area contributed by atoms with Gasteiger partial charge in [0.1, 0.15) is 4.99 Å². The Bertz CT molecular complexity index is 825. The van der Waals surface area contributed by atoms with E-state index in [2.05, 4.69) is 25.3 Å². The number of nitrogens with one attached hydrogen (secondary N) is 3. The molecule has 0 aliphatic heterocycles. The molecule has 0 aliphatic carbocycles. The molecule has 3 aromatic rings. The second-order valence-corrected chi connectivity index (χ2v) is 4.92. The molecule has 2 heterocycles. The van der Waals surface area contributed by atoms with Crippen LogP contribution < -0.4 is 10.9 Å². The molecule has 21 heavy (non-hydrogen) atoms. The van der Waals surface area contributed by atoms with E-state index in [0.717, 1.165) is 12.1 Å². The fourth-order valence-corrected chi connectivity index (χ4v) is 2.21. The molecular formula is C14H13N5OS. The molecule has 3 rings (SSSR count). The van der Waals surface area contributed by atoms with Crippen LogP contribution in [0.15, 0.2) is 41.6 Å². The van der Waals surface area contributed by atoms with Crippen LogP contribution in [0.4, 0.5) is 0 Å². The highest BCUT2D eigenvalue weighted by molar-refractivity contribution is 7.80. The van der Waals surface area contributed by atoms with Crippen LogP contribution in [0.5, 0.6) is 0 Å². The van der Waals surface area contributed by atoms with Crippen LogP contribution in [0.2, 0.25) is 0 Å². The third kappa shape index (κ3) is 2.97. The predicted octanol–water partition coefficient (Wildman–Crippen LogP) is 1.15. The van der Waals surface area contributed by atoms with Crippen molar-refractivity contribution in [2.24, 2.45) is 0 Å². The lowest BCUT2D eigenvalue weighted by Crippen LogP contribution is -2.28. The van der Waals surface area contributed by atoms with E-state index in [1.165, 1.54) is 0 Å². The van der Waals surface area contributed by atoms with E-state index in [4.69, 9.17) is 12.2 Å². The van der Waals surface area contributed by atoms with E-state index >= 15 is 0 Å². The Hall–Kier alpha value is -2.54. The summed E-state index contributed by atoms with van der Waals surface area (Å²) >= 11 is 5.27. The van der Waals surface area contributed by atoms with Crippen LogP contribution in [0.1, 0.15) is 11.5 Å². The normalized spacial score (nSPS) is 10.7. The van der Waals surface area contributed by atoms with Gasteiger partial charge in [-0.15, -0.1) is 0 Å². The first kappa shape index (κ1) is 13.4. The molecule has 0 atom stereocenters. The lowest BCUT2D eigenvalue weighted by atomic mass is 10.2. The standard InChI is InChI=1S/C14H13N5OS/c20-13-10-3-1-2-4-11(10)18-12(19-13)14(21)16-6-5-9-7-15-8-17-9/h1-4,7-8H,5-6H2,(H,15,17)(H,16,21)(H,18,19,20). The zero-order valence-corrected chi connectivity index (χ0v) is 11.9. The Kier molecular flexibility index (Phi) is 3.74. The zero-order valence-electron chi connectivity index (χ0n) is 11.1. The molecule has 2 aromatic heterocycles. The van der Waals surface area contributed by atoms with Crippen molar-refractivity contribution in [1.82, 2.24) is 25.3 Å². The van der Waals surface area contributed by atoms with Crippen LogP contribution in [0, 0.1) is 0 Å². The number of H-pyrrole nitrogens is 2. The first-order valence-electron chi connectivity index (χ1n) is 6.48. The topological polar surface area (TPSA) is 86.5 Å². The number of rotatable bonds is 4. The third-order valence-electron chi connectivity index (χ3n) is 3.06. The van der Waals surface area contributed by atoms with Gasteiger partial charge in [0, 0.05) is 24.9 Å². The maximum atomic E-state index is 12.0. The maximum absolute atomic E-state index is 12.0. The van der Waals surface area contributed by atoms with Crippen molar-refractivity contribution in [1.29, 1.82) is 0 Å². The van der Waals surface area contributed by atoms with Gasteiger partial charge in [-0.2, -0.15) is 0 Å². The highest BCUT2D eigenvalue weighted by Gasteiger charge is 2.07. The summed E-state index contributed by atoms with van der Waals surface area (Å²) in [7, 11) is 0. The molecule has 7 heteroatoms. The summed E-state index contributed by atoms with van der Waals surface area (Å²) in [6, 6.07) is 7.17. The van der Waals surface area contributed by atoms with E-state index in [0.29, 0.717) is 28.3 Å². The lowest BCUT2D eigenvalue weighted by molar-refractivity contribution is 0.850. The summed E-state index contributed by atoms with van der Waals surface area (Å²) in [6.07, 6.45) is 4.16. The van der Waals surface area contributed by atoms with Crippen LogP contribution >= 0.6 is 12.2 Å². The largest absolute Gasteiger partial charge is 0.373 e. The van der Waals surface area contributed by atoms with Gasteiger partial charge in [0.25, 0.3) is 5.56 Å². The fourth-order valence-electron chi connectivity index (χ4n) is 2.01. The number of nitrogens with zero attached hydrogens (tertiary/aromatic N) is 2. The van der Waals surface area contributed by atoms with Gasteiger partial charge in [-0.05, 0) is 12.1 Å². The summed E-state index contributed by atoms with van der Waals surface area (Å²) < 4.78 is 0. The molecule has 0 radical (unpaired) electrons. The third-order valence-corrected chi connectivity index (χ3v) is 3.40. The number of hydrogen-bond donors (Lipinski definition) is 3. The summed E-state index contributed by atoms with van der Waals surface area (Å²) in [4.78, 5) is 26.4. The summed E-state index contributed by atoms with van der Waals surface area (Å²) in [5, 5.41) is 3.64. The van der Waals surface area contributed by atoms with E-state index in [-0.39, 0.29) is 5.56 Å². The highest BCUT2D eigenvalue weighted by Crippen LogP contribution is 2.05. The van der Waals surface area contributed by atoms with E-state index < -0.39 is 0 Å². The number of imidazole rings is 1. The molecule has 0 saturated heterocycles. The second kappa shape index (κ2) is 5.84. The van der Waals surface area contributed by atoms with Crippen LogP contribution in [-0.4, -0.2) is 31.5 Å². The van der Waals surface area contributed by atoms with E-state index in [9.17, 15) is 4.79 Å². The van der Waals surface area contributed by atoms with Gasteiger partial charge in [-0.1, -0.05) is 24.4 Å². The maximum Gasteiger partial charge on any atom is 0.259 e. The van der Waals surface area contributed by atoms with Gasteiger partial charge in [-0.25, -0.2) is 9.97 Å². The molecule has 106 valence electrons. The molecule has 0 fully saturated rings. The smallest absolute Gasteiger partial charge is 0.259 e. The van der Waals surface area contributed by atoms with Gasteiger partial charge in [0.05, 0.1) is 17.2 Å². The number of aromatic nitrogens is 4. The Morgan fingerprint density at radius 3 is 3.00 bits per heavy atom. The van der Waals surface area contributed by atoms with Crippen LogP contribution in [0.25, 0.3) is 10.9 Å². The summed E-state index contributed by atoms with van der Waals surface area (Å²) in [6.45, 7) is 0.636. The van der Waals surface area contributed by atoms with Gasteiger partial charge in [-0.3, -0.25) is 4.79 Å². The van der Waals surface area contributed by atoms with Crippen LogP contribution in [0.3, 0.4) is 0 Å². The predicted molar refractivity (Wildman–Crippen MR) is 84.4 cm³/mol. The minimum Gasteiger partial charge on any atom is -0.373 e. The first-order valence-corrected chi connectivity index (χ1v) is 6.89. The number of hydrogen-bond acceptors (Lipinski definition) is 4. The van der Waals surface area contributed by atoms with Crippen molar-refractivity contribution in [2.45, 2.75) is 6.42 Å². The molecule has 3 N–H and O–H groups in total. The first-order chi connectivity index (χ1) is 10.2. The van der Waals surface area contributed by atoms with Crippen LogP contribution in [-0.2, 0) is 6.42 Å². The molecule has 0 amide bonds. The highest BCUT2D eigenvalue weighted by atomic mass is 32.1. The molecule has 1 aromatic carbocycles. The van der Waals surface area contributed by atoms with Gasteiger partial charge < -0.3 is 15.3 Å². The molecule has 0 bridgehead atoms. The average Bonchev–Trinajstić information content (AvgIpc) is 3.00. The van der Waals surface area contributed by atoms with Crippen molar-refractivity contribution < 1.29 is 0 Å². The number of benzene rings is 1. The Balaban J connectivity index is 1.74. The van der Waals surface area contributed by atoms with Crippen molar-refractivity contribution in [3.8, 4) is 0 Å². The fraction of sp³-hybridized carbons (Fsp3) is 0.143. The molecular weight excluding hydrogens is 286 g/mol. The van der Waals surface area contributed by atoms with E-state index in [1.807, 2.05) is 6.07 Å². The Morgan fingerprint density at radius 1 is 1.33 bits per heavy atom. The summed E-state index contributed by atoms with van der Waals surface area (Å²) in [5.41, 5.74) is 1.47. The average molecular weight is 299 g/mol. The van der Waals surface area contributed by atoms with Crippen molar-refractivity contribution in [3.05, 3.63) is 58.7 Å². The quantitative estimate of drug-likeness (QED) is 0.629. The van der Waals surface area contributed by atoms with Crippen molar-refractivity contribution in [2.75, 3.05) is 6.54 Å². The van der Waals surface area contributed by atoms with Gasteiger partial charge in [0.15, 0.2) is 5.82 Å². The number of aromatic amines is 2. The molecule has 0 unspecified atom stereocenters. The Labute approximate surface area is 125 Å². The summed E-state index contributed by atoms with van der Waals surface area (Å²) in [5.74, 6) is 0.387. The monoisotopic (exact) mass is 299 g/mol. The Morgan fingerprint density at radius 2 is 2.19 bits per heavy atom. The molecule has 0 saturated carbocycles. The zero-order chi connectivity index (χ0) is 14.7. The molecule has 0 spiro atoms. The van der Waals surface area contributed by atoms with E-state index in [1.54, 1.807) is 30.7 Å². The minimum atomic E-state index is -0.187. The number of para-hydroxylation sites is 1. The van der Waals surface area contributed by atoms with Gasteiger partial charge >= 0.3 is 0 Å². The van der Waals surface area contributed by atoms with Gasteiger partial charge in [0.2, 0.25) is 0 Å².